The summed E-state index contributed by atoms with van der Waals surface area (Å²) in [7, 11) is -4.05. The highest BCUT2D eigenvalue weighted by Crippen LogP contribution is 2.35. The van der Waals surface area contributed by atoms with Gasteiger partial charge in [-0.1, -0.05) is 0 Å². The van der Waals surface area contributed by atoms with Gasteiger partial charge in [0.05, 0.1) is 4.90 Å². The molecule has 2 N–H and O–H groups in total. The molecule has 1 fully saturated rings. The number of pyridine rings is 1. The summed E-state index contributed by atoms with van der Waals surface area (Å²) >= 11 is 0. The molecule has 1 amide bonds. The zero-order chi connectivity index (χ0) is 20.7. The summed E-state index contributed by atoms with van der Waals surface area (Å²) in [6, 6.07) is 9.27. The number of hydroxylamine groups is 1. The molecule has 0 spiro atoms. The van der Waals surface area contributed by atoms with E-state index < -0.39 is 20.5 Å². The third-order valence-corrected chi connectivity index (χ3v) is 7.25. The van der Waals surface area contributed by atoms with Crippen LogP contribution >= 0.6 is 12.4 Å². The SMILES string of the molecule is Cl.O=C(NO)C1(S(=O)(=O)c2ccc(OCCOc3ccncc3)cc2)CCOCC1. The van der Waals surface area contributed by atoms with Gasteiger partial charge in [0.15, 0.2) is 14.6 Å². The van der Waals surface area contributed by atoms with Crippen LogP contribution in [-0.4, -0.2) is 55.7 Å². The summed E-state index contributed by atoms with van der Waals surface area (Å²) in [6.07, 6.45) is 3.17. The van der Waals surface area contributed by atoms with Crippen molar-refractivity contribution in [2.24, 2.45) is 0 Å². The highest BCUT2D eigenvalue weighted by atomic mass is 35.5. The molecule has 0 saturated carbocycles. The van der Waals surface area contributed by atoms with E-state index in [0.29, 0.717) is 18.1 Å². The molecule has 1 aliphatic heterocycles. The first kappa shape index (κ1) is 23.9. The number of nitrogens with one attached hydrogen (secondary N) is 1. The number of aromatic nitrogens is 1. The zero-order valence-electron chi connectivity index (χ0n) is 16.0. The van der Waals surface area contributed by atoms with E-state index in [0.717, 1.165) is 0 Å². The minimum absolute atomic E-state index is 0. The Morgan fingerprint density at radius 1 is 1.03 bits per heavy atom. The van der Waals surface area contributed by atoms with Crippen molar-refractivity contribution in [1.29, 1.82) is 0 Å². The second-order valence-electron chi connectivity index (χ2n) is 6.40. The molecule has 164 valence electrons. The molecule has 0 radical (unpaired) electrons. The highest BCUT2D eigenvalue weighted by Gasteiger charge is 2.52. The van der Waals surface area contributed by atoms with Crippen molar-refractivity contribution in [1.82, 2.24) is 10.5 Å². The predicted molar refractivity (Wildman–Crippen MR) is 109 cm³/mol. The zero-order valence-corrected chi connectivity index (χ0v) is 17.7. The molecule has 11 heteroatoms. The first-order chi connectivity index (χ1) is 14.0. The molecule has 0 atom stereocenters. The van der Waals surface area contributed by atoms with Crippen LogP contribution in [0.4, 0.5) is 0 Å². The average molecular weight is 459 g/mol. The Morgan fingerprint density at radius 2 is 1.57 bits per heavy atom. The summed E-state index contributed by atoms with van der Waals surface area (Å²) in [5.41, 5.74) is 1.49. The van der Waals surface area contributed by atoms with Crippen LogP contribution < -0.4 is 15.0 Å². The van der Waals surface area contributed by atoms with E-state index in [2.05, 4.69) is 4.98 Å². The Morgan fingerprint density at radius 3 is 2.10 bits per heavy atom. The summed E-state index contributed by atoms with van der Waals surface area (Å²) in [5.74, 6) is 0.193. The summed E-state index contributed by atoms with van der Waals surface area (Å²) in [5, 5.41) is 9.07. The van der Waals surface area contributed by atoms with Crippen molar-refractivity contribution >= 4 is 28.2 Å². The number of amides is 1. The van der Waals surface area contributed by atoms with Gasteiger partial charge in [0.2, 0.25) is 0 Å². The molecule has 1 saturated heterocycles. The topological polar surface area (TPSA) is 124 Å². The van der Waals surface area contributed by atoms with E-state index in [-0.39, 0.29) is 50.0 Å². The van der Waals surface area contributed by atoms with Gasteiger partial charge in [0.1, 0.15) is 24.7 Å². The minimum atomic E-state index is -4.05. The van der Waals surface area contributed by atoms with E-state index in [1.165, 1.54) is 29.7 Å². The lowest BCUT2D eigenvalue weighted by atomic mass is 9.98. The Balaban J connectivity index is 0.00000320. The third-order valence-electron chi connectivity index (χ3n) is 4.73. The molecule has 2 heterocycles. The number of halogens is 1. The number of benzene rings is 1. The molecule has 0 bridgehead atoms. The third kappa shape index (κ3) is 5.01. The van der Waals surface area contributed by atoms with Crippen molar-refractivity contribution < 1.29 is 32.6 Å². The fraction of sp³-hybridized carbons (Fsp3) is 0.368. The van der Waals surface area contributed by atoms with Gasteiger partial charge in [0.25, 0.3) is 5.91 Å². The van der Waals surface area contributed by atoms with Gasteiger partial charge in [-0.25, -0.2) is 13.9 Å². The monoisotopic (exact) mass is 458 g/mol. The van der Waals surface area contributed by atoms with Crippen LogP contribution in [0.1, 0.15) is 12.8 Å². The summed E-state index contributed by atoms with van der Waals surface area (Å²) in [6.45, 7) is 0.809. The van der Waals surface area contributed by atoms with Crippen molar-refractivity contribution in [3.63, 3.8) is 0 Å². The first-order valence-electron chi connectivity index (χ1n) is 9.02. The smallest absolute Gasteiger partial charge is 0.265 e. The fourth-order valence-corrected chi connectivity index (χ4v) is 5.05. The second kappa shape index (κ2) is 10.6. The van der Waals surface area contributed by atoms with Crippen molar-refractivity contribution in [3.8, 4) is 11.5 Å². The average Bonchev–Trinajstić information content (AvgIpc) is 2.77. The molecule has 1 aliphatic rings. The maximum Gasteiger partial charge on any atom is 0.265 e. The number of sulfone groups is 1. The molecular formula is C19H23ClN2O7S. The van der Waals surface area contributed by atoms with E-state index in [1.807, 2.05) is 0 Å². The Kier molecular flexibility index (Phi) is 8.42. The molecule has 0 aliphatic carbocycles. The fourth-order valence-electron chi connectivity index (χ4n) is 3.11. The normalized spacial score (nSPS) is 15.5. The van der Waals surface area contributed by atoms with E-state index in [9.17, 15) is 13.2 Å². The Labute approximate surface area is 180 Å². The summed E-state index contributed by atoms with van der Waals surface area (Å²) < 4.78 is 40.8. The number of hydrogen-bond acceptors (Lipinski definition) is 8. The van der Waals surface area contributed by atoms with Crippen molar-refractivity contribution in [2.45, 2.75) is 22.5 Å². The highest BCUT2D eigenvalue weighted by molar-refractivity contribution is 7.93. The lowest BCUT2D eigenvalue weighted by Crippen LogP contribution is -2.54. The number of hydrogen-bond donors (Lipinski definition) is 2. The van der Waals surface area contributed by atoms with Gasteiger partial charge in [-0.15, -0.1) is 12.4 Å². The number of ether oxygens (including phenoxy) is 3. The molecule has 1 aromatic carbocycles. The van der Waals surface area contributed by atoms with Crippen LogP contribution in [0.5, 0.6) is 11.5 Å². The molecular weight excluding hydrogens is 436 g/mol. The Bertz CT molecular complexity index is 918. The van der Waals surface area contributed by atoms with Crippen molar-refractivity contribution in [3.05, 3.63) is 48.8 Å². The number of rotatable bonds is 8. The van der Waals surface area contributed by atoms with Crippen LogP contribution in [0.2, 0.25) is 0 Å². The summed E-state index contributed by atoms with van der Waals surface area (Å²) in [4.78, 5) is 16.1. The molecule has 9 nitrogen and oxygen atoms in total. The molecule has 2 aromatic rings. The molecule has 1 aromatic heterocycles. The van der Waals surface area contributed by atoms with Crippen LogP contribution in [0, 0.1) is 0 Å². The minimum Gasteiger partial charge on any atom is -0.490 e. The number of carbonyl (C=O) groups excluding carboxylic acids is 1. The predicted octanol–water partition coefficient (Wildman–Crippen LogP) is 1.79. The second-order valence-corrected chi connectivity index (χ2v) is 8.66. The van der Waals surface area contributed by atoms with Gasteiger partial charge in [-0.05, 0) is 49.2 Å². The lowest BCUT2D eigenvalue weighted by molar-refractivity contribution is -0.134. The van der Waals surface area contributed by atoms with Crippen LogP contribution in [-0.2, 0) is 19.4 Å². The van der Waals surface area contributed by atoms with E-state index in [1.54, 1.807) is 24.5 Å². The Hall–Kier alpha value is -2.40. The standard InChI is InChI=1S/C19H22N2O7S.ClH/c22-18(21-23)19(7-11-26-12-8-19)29(24,25)17-3-1-15(2-4-17)27-13-14-28-16-5-9-20-10-6-16;/h1-6,9-10,23H,7-8,11-14H2,(H,21,22);1H. The number of nitrogens with zero attached hydrogens (tertiary/aromatic N) is 1. The molecule has 30 heavy (non-hydrogen) atoms. The molecule has 3 rings (SSSR count). The van der Waals surface area contributed by atoms with Crippen LogP contribution in [0.3, 0.4) is 0 Å². The van der Waals surface area contributed by atoms with Crippen LogP contribution in [0.15, 0.2) is 53.7 Å². The number of carbonyl (C=O) groups is 1. The van der Waals surface area contributed by atoms with Gasteiger partial charge >= 0.3 is 0 Å². The van der Waals surface area contributed by atoms with E-state index >= 15 is 0 Å². The lowest BCUT2D eigenvalue weighted by Gasteiger charge is -2.34. The van der Waals surface area contributed by atoms with Crippen LogP contribution in [0.25, 0.3) is 0 Å². The first-order valence-corrected chi connectivity index (χ1v) is 10.5. The maximum atomic E-state index is 13.1. The van der Waals surface area contributed by atoms with Gasteiger partial charge in [-0.3, -0.25) is 15.0 Å². The van der Waals surface area contributed by atoms with Crippen molar-refractivity contribution in [2.75, 3.05) is 26.4 Å². The van der Waals surface area contributed by atoms with Gasteiger partial charge in [0, 0.05) is 25.6 Å². The van der Waals surface area contributed by atoms with Gasteiger partial charge in [-0.2, -0.15) is 0 Å². The van der Waals surface area contributed by atoms with Gasteiger partial charge < -0.3 is 14.2 Å². The maximum absolute atomic E-state index is 13.1. The largest absolute Gasteiger partial charge is 0.490 e. The van der Waals surface area contributed by atoms with E-state index in [4.69, 9.17) is 19.4 Å². The quantitative estimate of drug-likeness (QED) is 0.348. The molecule has 0 unspecified atom stereocenters.